The van der Waals surface area contributed by atoms with Gasteiger partial charge in [0.1, 0.15) is 6.54 Å². The Hall–Kier alpha value is -2.25. The Bertz CT molecular complexity index is 745. The van der Waals surface area contributed by atoms with E-state index in [1.807, 2.05) is 6.92 Å². The summed E-state index contributed by atoms with van der Waals surface area (Å²) in [5, 5.41) is 7.57. The molecule has 24 heavy (non-hydrogen) atoms. The molecule has 1 unspecified atom stereocenters. The number of hydrogen-bond acceptors (Lipinski definition) is 6. The molecule has 128 valence electrons. The van der Waals surface area contributed by atoms with Crippen molar-refractivity contribution in [3.8, 4) is 0 Å². The van der Waals surface area contributed by atoms with Gasteiger partial charge >= 0.3 is 0 Å². The number of rotatable bonds is 5. The number of aliphatic imine (C=N–C) groups is 1. The van der Waals surface area contributed by atoms with Crippen LogP contribution in [0.25, 0.3) is 10.9 Å². The second-order valence-corrected chi connectivity index (χ2v) is 5.97. The summed E-state index contributed by atoms with van der Waals surface area (Å²) in [6, 6.07) is 6.34. The van der Waals surface area contributed by atoms with Crippen LogP contribution in [0.4, 0.5) is 5.95 Å². The van der Waals surface area contributed by atoms with Crippen LogP contribution >= 0.6 is 0 Å². The fourth-order valence-corrected chi connectivity index (χ4v) is 2.72. The van der Waals surface area contributed by atoms with Gasteiger partial charge in [-0.25, -0.2) is 9.97 Å². The summed E-state index contributed by atoms with van der Waals surface area (Å²) < 4.78 is 5.10. The van der Waals surface area contributed by atoms with Gasteiger partial charge in [0.2, 0.25) is 11.9 Å². The van der Waals surface area contributed by atoms with Crippen molar-refractivity contribution >= 4 is 22.8 Å². The quantitative estimate of drug-likeness (QED) is 0.736. The first-order valence-electron chi connectivity index (χ1n) is 8.34. The molecule has 0 radical (unpaired) electrons. The summed E-state index contributed by atoms with van der Waals surface area (Å²) >= 11 is 0. The summed E-state index contributed by atoms with van der Waals surface area (Å²) in [5.74, 6) is 1.30. The van der Waals surface area contributed by atoms with Crippen LogP contribution in [0.5, 0.6) is 0 Å². The predicted molar refractivity (Wildman–Crippen MR) is 95.3 cm³/mol. The molecule has 2 heterocycles. The van der Waals surface area contributed by atoms with E-state index in [1.165, 1.54) is 10.5 Å². The number of aryl methyl sites for hydroxylation is 2. The van der Waals surface area contributed by atoms with Crippen molar-refractivity contribution in [3.63, 3.8) is 0 Å². The highest BCUT2D eigenvalue weighted by Crippen LogP contribution is 2.19. The zero-order valence-corrected chi connectivity index (χ0v) is 14.5. The summed E-state index contributed by atoms with van der Waals surface area (Å²) in [5.41, 5.74) is 3.22. The molecular weight excluding hydrogens is 304 g/mol. The molecule has 2 aromatic rings. The van der Waals surface area contributed by atoms with Crippen molar-refractivity contribution in [3.05, 3.63) is 29.5 Å². The van der Waals surface area contributed by atoms with Gasteiger partial charge < -0.3 is 10.1 Å². The lowest BCUT2D eigenvalue weighted by Crippen LogP contribution is -3.15. The van der Waals surface area contributed by atoms with E-state index in [0.29, 0.717) is 12.6 Å². The lowest BCUT2D eigenvalue weighted by Gasteiger charge is -2.23. The minimum atomic E-state index is 0.579. The topological polar surface area (TPSA) is 75.9 Å². The highest BCUT2D eigenvalue weighted by atomic mass is 16.5. The molecule has 0 spiro atoms. The Labute approximate surface area is 142 Å². The van der Waals surface area contributed by atoms with Crippen LogP contribution in [0.15, 0.2) is 23.2 Å². The highest BCUT2D eigenvalue weighted by molar-refractivity contribution is 5.93. The number of anilines is 1. The molecule has 0 saturated heterocycles. The third-order valence-electron chi connectivity index (χ3n) is 4.22. The standard InChI is InChI=1S/C17H24N6O/c1-4-13-5-6-15-14(9-13)12(2)20-17(21-15)22-16-18-10-23(11-19-16)7-8-24-3/h5-6,9H,4,7-8,10-11H2,1-3H3,(H2,18,19,20,21,22)/p+1. The maximum absolute atomic E-state index is 5.10. The molecule has 0 amide bonds. The number of aromatic nitrogens is 2. The minimum absolute atomic E-state index is 0.579. The molecule has 0 fully saturated rings. The van der Waals surface area contributed by atoms with Gasteiger partial charge in [0.05, 0.1) is 17.8 Å². The van der Waals surface area contributed by atoms with E-state index in [2.05, 4.69) is 50.7 Å². The lowest BCUT2D eigenvalue weighted by atomic mass is 10.1. The number of benzene rings is 1. The van der Waals surface area contributed by atoms with Crippen LogP contribution in [-0.2, 0) is 11.2 Å². The molecule has 1 atom stereocenters. The smallest absolute Gasteiger partial charge is 0.230 e. The van der Waals surface area contributed by atoms with Crippen LogP contribution in [0.1, 0.15) is 18.2 Å². The first kappa shape index (κ1) is 16.6. The summed E-state index contributed by atoms with van der Waals surface area (Å²) in [6.07, 6.45) is 1.01. The van der Waals surface area contributed by atoms with Gasteiger partial charge in [0.25, 0.3) is 0 Å². The SMILES string of the molecule is CCc1ccc2nc(NC3=NC[NH+](CCOC)CN3)nc(C)c2c1. The molecule has 0 saturated carbocycles. The van der Waals surface area contributed by atoms with Crippen molar-refractivity contribution in [2.75, 3.05) is 38.9 Å². The van der Waals surface area contributed by atoms with E-state index >= 15 is 0 Å². The maximum Gasteiger partial charge on any atom is 0.230 e. The zero-order chi connectivity index (χ0) is 16.9. The van der Waals surface area contributed by atoms with Gasteiger partial charge in [-0.3, -0.25) is 10.2 Å². The second kappa shape index (κ2) is 7.55. The molecule has 7 heteroatoms. The lowest BCUT2D eigenvalue weighted by molar-refractivity contribution is -0.903. The van der Waals surface area contributed by atoms with E-state index in [9.17, 15) is 0 Å². The van der Waals surface area contributed by atoms with E-state index in [-0.39, 0.29) is 0 Å². The molecule has 3 N–H and O–H groups in total. The fraction of sp³-hybridized carbons (Fsp3) is 0.471. The van der Waals surface area contributed by atoms with Crippen LogP contribution in [0.2, 0.25) is 0 Å². The zero-order valence-electron chi connectivity index (χ0n) is 14.5. The molecule has 0 bridgehead atoms. The Morgan fingerprint density at radius 2 is 2.21 bits per heavy atom. The van der Waals surface area contributed by atoms with Crippen LogP contribution in [-0.4, -0.2) is 49.5 Å². The van der Waals surface area contributed by atoms with Crippen molar-refractivity contribution in [1.82, 2.24) is 15.3 Å². The van der Waals surface area contributed by atoms with Crippen LogP contribution in [0, 0.1) is 6.92 Å². The van der Waals surface area contributed by atoms with E-state index in [1.54, 1.807) is 7.11 Å². The Balaban J connectivity index is 1.73. The normalized spacial score (nSPS) is 17.5. The number of hydrogen-bond donors (Lipinski definition) is 3. The van der Waals surface area contributed by atoms with Crippen molar-refractivity contribution in [2.45, 2.75) is 20.3 Å². The third kappa shape index (κ3) is 3.80. The number of guanidine groups is 1. The molecule has 1 aliphatic rings. The van der Waals surface area contributed by atoms with Gasteiger partial charge in [0.15, 0.2) is 13.3 Å². The largest absolute Gasteiger partial charge is 0.379 e. The number of nitrogens with zero attached hydrogens (tertiary/aromatic N) is 3. The number of ether oxygens (including phenoxy) is 1. The summed E-state index contributed by atoms with van der Waals surface area (Å²) in [4.78, 5) is 15.0. The minimum Gasteiger partial charge on any atom is -0.379 e. The maximum atomic E-state index is 5.10. The number of fused-ring (bicyclic) bond motifs is 1. The number of methoxy groups -OCH3 is 1. The first-order chi connectivity index (χ1) is 11.7. The number of quaternary nitrogens is 1. The molecule has 1 aromatic carbocycles. The van der Waals surface area contributed by atoms with E-state index < -0.39 is 0 Å². The van der Waals surface area contributed by atoms with Crippen molar-refractivity contribution in [2.24, 2.45) is 4.99 Å². The Kier molecular flexibility index (Phi) is 5.22. The molecule has 7 nitrogen and oxygen atoms in total. The average Bonchev–Trinajstić information content (AvgIpc) is 2.61. The van der Waals surface area contributed by atoms with Crippen molar-refractivity contribution in [1.29, 1.82) is 0 Å². The fourth-order valence-electron chi connectivity index (χ4n) is 2.72. The monoisotopic (exact) mass is 329 g/mol. The number of nitrogens with one attached hydrogen (secondary N) is 3. The van der Waals surface area contributed by atoms with Gasteiger partial charge in [-0.15, -0.1) is 0 Å². The van der Waals surface area contributed by atoms with E-state index in [0.717, 1.165) is 48.8 Å². The average molecular weight is 329 g/mol. The highest BCUT2D eigenvalue weighted by Gasteiger charge is 2.15. The van der Waals surface area contributed by atoms with Crippen LogP contribution in [0.3, 0.4) is 0 Å². The second-order valence-electron chi connectivity index (χ2n) is 5.97. The molecule has 3 rings (SSSR count). The first-order valence-corrected chi connectivity index (χ1v) is 8.34. The Morgan fingerprint density at radius 3 is 2.92 bits per heavy atom. The Morgan fingerprint density at radius 1 is 1.33 bits per heavy atom. The van der Waals surface area contributed by atoms with Gasteiger partial charge in [-0.1, -0.05) is 13.0 Å². The van der Waals surface area contributed by atoms with Crippen molar-refractivity contribution < 1.29 is 9.64 Å². The van der Waals surface area contributed by atoms with E-state index in [4.69, 9.17) is 4.74 Å². The van der Waals surface area contributed by atoms with Gasteiger partial charge in [-0.05, 0) is 31.0 Å². The molecule has 0 aliphatic carbocycles. The molecular formula is C17H25N6O+. The van der Waals surface area contributed by atoms with Crippen LogP contribution < -0.4 is 15.5 Å². The summed E-state index contributed by atoms with van der Waals surface area (Å²) in [7, 11) is 1.72. The predicted octanol–water partition coefficient (Wildman–Crippen LogP) is 0.318. The third-order valence-corrected chi connectivity index (χ3v) is 4.22. The molecule has 1 aliphatic heterocycles. The van der Waals surface area contributed by atoms with Gasteiger partial charge in [0, 0.05) is 12.5 Å². The summed E-state index contributed by atoms with van der Waals surface area (Å²) in [6.45, 7) is 7.36. The van der Waals surface area contributed by atoms with Gasteiger partial charge in [-0.2, -0.15) is 4.99 Å². The molecule has 1 aromatic heterocycles.